The molecule has 1 fully saturated rings. The van der Waals surface area contributed by atoms with Crippen molar-refractivity contribution >= 4 is 11.2 Å². The number of nitrogens with two attached hydrogens (primary N) is 1. The Bertz CT molecular complexity index is 536. The molecule has 0 aromatic carbocycles. The molecule has 0 amide bonds. The molecule has 1 aliphatic rings. The minimum absolute atomic E-state index is 0.617. The lowest BCUT2D eigenvalue weighted by molar-refractivity contribution is 0.427. The summed E-state index contributed by atoms with van der Waals surface area (Å²) in [4.78, 5) is 4.76. The highest BCUT2D eigenvalue weighted by atomic mass is 15.0. The van der Waals surface area contributed by atoms with Gasteiger partial charge in [0.15, 0.2) is 0 Å². The topological polar surface area (TPSA) is 43.3 Å². The highest BCUT2D eigenvalue weighted by molar-refractivity contribution is 5.57. The Balaban J connectivity index is 2.11. The van der Waals surface area contributed by atoms with E-state index < -0.39 is 0 Å². The van der Waals surface area contributed by atoms with Crippen molar-refractivity contribution in [1.29, 1.82) is 0 Å². The molecule has 2 N–H and O–H groups in total. The molecule has 0 radical (unpaired) electrons. The first-order valence-corrected chi connectivity index (χ1v) is 6.50. The maximum atomic E-state index is 5.88. The number of hydrogen-bond donors (Lipinski definition) is 1. The highest BCUT2D eigenvalue weighted by Crippen LogP contribution is 2.33. The number of pyridine rings is 1. The third-order valence-corrected chi connectivity index (χ3v) is 3.84. The minimum Gasteiger partial charge on any atom is -0.398 e. The maximum absolute atomic E-state index is 5.88. The van der Waals surface area contributed by atoms with Gasteiger partial charge in [0.2, 0.25) is 0 Å². The third-order valence-electron chi connectivity index (χ3n) is 3.84. The quantitative estimate of drug-likeness (QED) is 0.815. The van der Waals surface area contributed by atoms with Gasteiger partial charge in [-0.15, -0.1) is 0 Å². The van der Waals surface area contributed by atoms with Crippen LogP contribution in [0.25, 0.3) is 5.52 Å². The number of rotatable bonds is 1. The van der Waals surface area contributed by atoms with Gasteiger partial charge in [-0.25, -0.2) is 4.98 Å². The third kappa shape index (κ3) is 1.79. The van der Waals surface area contributed by atoms with Gasteiger partial charge in [0.05, 0.1) is 11.2 Å². The van der Waals surface area contributed by atoms with E-state index in [0.29, 0.717) is 5.92 Å². The Hall–Kier alpha value is -1.51. The highest BCUT2D eigenvalue weighted by Gasteiger charge is 2.20. The molecule has 90 valence electrons. The molecule has 0 spiro atoms. The van der Waals surface area contributed by atoms with Gasteiger partial charge in [-0.2, -0.15) is 0 Å². The lowest BCUT2D eigenvalue weighted by Gasteiger charge is -2.20. The van der Waals surface area contributed by atoms with Gasteiger partial charge >= 0.3 is 0 Å². The zero-order chi connectivity index (χ0) is 11.8. The summed E-state index contributed by atoms with van der Waals surface area (Å²) in [5.74, 6) is 1.83. The van der Waals surface area contributed by atoms with E-state index in [9.17, 15) is 0 Å². The van der Waals surface area contributed by atoms with Crippen LogP contribution in [0.5, 0.6) is 0 Å². The van der Waals surface area contributed by atoms with Crippen LogP contribution in [0, 0.1) is 6.92 Å². The van der Waals surface area contributed by atoms with E-state index in [1.54, 1.807) is 0 Å². The largest absolute Gasteiger partial charge is 0.398 e. The Morgan fingerprint density at radius 2 is 2.00 bits per heavy atom. The van der Waals surface area contributed by atoms with E-state index in [2.05, 4.69) is 17.4 Å². The summed E-state index contributed by atoms with van der Waals surface area (Å²) in [5, 5.41) is 0. The SMILES string of the molecule is Cc1nc(C2CCCCC2)n2cc(N)ccc12. The molecule has 2 aromatic rings. The molecule has 1 saturated carbocycles. The molecule has 17 heavy (non-hydrogen) atoms. The van der Waals surface area contributed by atoms with Crippen molar-refractivity contribution in [1.82, 2.24) is 9.38 Å². The summed E-state index contributed by atoms with van der Waals surface area (Å²) in [6.45, 7) is 2.08. The summed E-state index contributed by atoms with van der Waals surface area (Å²) in [5.41, 5.74) is 9.01. The summed E-state index contributed by atoms with van der Waals surface area (Å²) < 4.78 is 2.20. The number of nitrogens with zero attached hydrogens (tertiary/aromatic N) is 2. The number of aromatic nitrogens is 2. The van der Waals surface area contributed by atoms with Crippen molar-refractivity contribution in [2.75, 3.05) is 5.73 Å². The second-order valence-electron chi connectivity index (χ2n) is 5.11. The van der Waals surface area contributed by atoms with Crippen molar-refractivity contribution < 1.29 is 0 Å². The number of nitrogen functional groups attached to an aromatic ring is 1. The van der Waals surface area contributed by atoms with Crippen molar-refractivity contribution in [3.05, 3.63) is 29.8 Å². The van der Waals surface area contributed by atoms with E-state index in [0.717, 1.165) is 11.4 Å². The molecule has 0 saturated heterocycles. The lowest BCUT2D eigenvalue weighted by atomic mass is 9.89. The second-order valence-corrected chi connectivity index (χ2v) is 5.11. The fourth-order valence-electron chi connectivity index (χ4n) is 2.93. The molecule has 3 nitrogen and oxygen atoms in total. The van der Waals surface area contributed by atoms with E-state index in [4.69, 9.17) is 10.7 Å². The van der Waals surface area contributed by atoms with Crippen LogP contribution in [0.4, 0.5) is 5.69 Å². The zero-order valence-electron chi connectivity index (χ0n) is 10.3. The molecule has 3 rings (SSSR count). The molecular formula is C14H19N3. The number of imidazole rings is 1. The molecule has 3 heteroatoms. The fraction of sp³-hybridized carbons (Fsp3) is 0.500. The summed E-state index contributed by atoms with van der Waals surface area (Å²) >= 11 is 0. The Morgan fingerprint density at radius 3 is 2.76 bits per heavy atom. The molecular weight excluding hydrogens is 210 g/mol. The van der Waals surface area contributed by atoms with Gasteiger partial charge in [0.1, 0.15) is 5.82 Å². The van der Waals surface area contributed by atoms with E-state index in [1.807, 2.05) is 12.3 Å². The molecule has 0 aliphatic heterocycles. The molecule has 0 unspecified atom stereocenters. The van der Waals surface area contributed by atoms with Crippen LogP contribution in [0.1, 0.15) is 49.5 Å². The predicted octanol–water partition coefficient (Wildman–Crippen LogP) is 3.27. The van der Waals surface area contributed by atoms with Crippen LogP contribution in [-0.4, -0.2) is 9.38 Å². The van der Waals surface area contributed by atoms with Gasteiger partial charge in [0, 0.05) is 17.8 Å². The molecule has 2 aromatic heterocycles. The lowest BCUT2D eigenvalue weighted by Crippen LogP contribution is -2.08. The van der Waals surface area contributed by atoms with Crippen LogP contribution >= 0.6 is 0 Å². The van der Waals surface area contributed by atoms with Gasteiger partial charge in [0.25, 0.3) is 0 Å². The normalized spacial score (nSPS) is 17.7. The number of fused-ring (bicyclic) bond motifs is 1. The first-order valence-electron chi connectivity index (χ1n) is 6.50. The van der Waals surface area contributed by atoms with Crippen LogP contribution < -0.4 is 5.73 Å². The fourth-order valence-corrected chi connectivity index (χ4v) is 2.93. The summed E-state index contributed by atoms with van der Waals surface area (Å²) in [7, 11) is 0. The average Bonchev–Trinajstić information content (AvgIpc) is 2.67. The van der Waals surface area contributed by atoms with E-state index in [1.165, 1.54) is 43.4 Å². The Morgan fingerprint density at radius 1 is 1.24 bits per heavy atom. The van der Waals surface area contributed by atoms with E-state index in [-0.39, 0.29) is 0 Å². The molecule has 0 bridgehead atoms. The number of hydrogen-bond acceptors (Lipinski definition) is 2. The maximum Gasteiger partial charge on any atom is 0.116 e. The molecule has 1 aliphatic carbocycles. The van der Waals surface area contributed by atoms with Crippen LogP contribution in [0.2, 0.25) is 0 Å². The first kappa shape index (κ1) is 10.6. The van der Waals surface area contributed by atoms with Gasteiger partial charge in [-0.3, -0.25) is 0 Å². The molecule has 2 heterocycles. The average molecular weight is 229 g/mol. The zero-order valence-corrected chi connectivity index (χ0v) is 10.3. The van der Waals surface area contributed by atoms with Crippen LogP contribution in [0.15, 0.2) is 18.3 Å². The Kier molecular flexibility index (Phi) is 2.54. The number of aryl methyl sites for hydroxylation is 1. The van der Waals surface area contributed by atoms with Gasteiger partial charge in [-0.1, -0.05) is 19.3 Å². The second kappa shape index (κ2) is 4.06. The minimum atomic E-state index is 0.617. The number of anilines is 1. The first-order chi connectivity index (χ1) is 8.25. The smallest absolute Gasteiger partial charge is 0.116 e. The van der Waals surface area contributed by atoms with Crippen molar-refractivity contribution in [2.45, 2.75) is 44.9 Å². The summed E-state index contributed by atoms with van der Waals surface area (Å²) in [6, 6.07) is 4.03. The van der Waals surface area contributed by atoms with Crippen molar-refractivity contribution in [3.63, 3.8) is 0 Å². The van der Waals surface area contributed by atoms with Crippen molar-refractivity contribution in [2.24, 2.45) is 0 Å². The van der Waals surface area contributed by atoms with Crippen LogP contribution in [0.3, 0.4) is 0 Å². The summed E-state index contributed by atoms with van der Waals surface area (Å²) in [6.07, 6.45) is 8.60. The monoisotopic (exact) mass is 229 g/mol. The van der Waals surface area contributed by atoms with Gasteiger partial charge < -0.3 is 10.1 Å². The van der Waals surface area contributed by atoms with E-state index >= 15 is 0 Å². The van der Waals surface area contributed by atoms with Crippen LogP contribution in [-0.2, 0) is 0 Å². The Labute approximate surface area is 102 Å². The van der Waals surface area contributed by atoms with Gasteiger partial charge in [-0.05, 0) is 31.9 Å². The predicted molar refractivity (Wildman–Crippen MR) is 70.2 cm³/mol. The molecule has 0 atom stereocenters. The van der Waals surface area contributed by atoms with Crippen molar-refractivity contribution in [3.8, 4) is 0 Å². The standard InChI is InChI=1S/C14H19N3/c1-10-13-8-7-12(15)9-17(13)14(16-10)11-5-3-2-4-6-11/h7-9,11H,2-6,15H2,1H3.